The highest BCUT2D eigenvalue weighted by molar-refractivity contribution is 5.33. The number of aliphatic hydroxyl groups excluding tert-OH is 1. The van der Waals surface area contributed by atoms with Crippen LogP contribution >= 0.6 is 0 Å². The molecule has 0 aliphatic rings. The Bertz CT molecular complexity index is 354. The van der Waals surface area contributed by atoms with Gasteiger partial charge in [0, 0.05) is 18.2 Å². The van der Waals surface area contributed by atoms with Gasteiger partial charge in [-0.1, -0.05) is 32.0 Å². The third-order valence-corrected chi connectivity index (χ3v) is 3.17. The summed E-state index contributed by atoms with van der Waals surface area (Å²) in [4.78, 5) is 0. The summed E-state index contributed by atoms with van der Waals surface area (Å²) in [7, 11) is 0. The lowest BCUT2D eigenvalue weighted by Gasteiger charge is -2.18. The largest absolute Gasteiger partial charge is 0.490 e. The van der Waals surface area contributed by atoms with Crippen molar-refractivity contribution in [3.05, 3.63) is 29.8 Å². The average molecular weight is 266 g/mol. The molecule has 0 radical (unpaired) electrons. The van der Waals surface area contributed by atoms with Crippen molar-refractivity contribution in [3.63, 3.8) is 0 Å². The minimum atomic E-state index is 0.0858. The Hall–Kier alpha value is -1.10. The van der Waals surface area contributed by atoms with E-state index in [2.05, 4.69) is 24.7 Å². The van der Waals surface area contributed by atoms with E-state index in [-0.39, 0.29) is 18.8 Å². The first-order valence-electron chi connectivity index (χ1n) is 7.05. The van der Waals surface area contributed by atoms with Gasteiger partial charge in [-0.25, -0.2) is 0 Å². The van der Waals surface area contributed by atoms with E-state index in [1.54, 1.807) is 0 Å². The smallest absolute Gasteiger partial charge is 0.124 e. The molecule has 0 saturated heterocycles. The first-order valence-corrected chi connectivity index (χ1v) is 7.05. The molecule has 0 unspecified atom stereocenters. The van der Waals surface area contributed by atoms with Crippen LogP contribution in [0.2, 0.25) is 0 Å². The van der Waals surface area contributed by atoms with Crippen LogP contribution in [-0.4, -0.2) is 23.9 Å². The minimum absolute atomic E-state index is 0.0858. The van der Waals surface area contributed by atoms with Crippen molar-refractivity contribution in [3.8, 4) is 5.75 Å². The third kappa shape index (κ3) is 5.59. The van der Waals surface area contributed by atoms with E-state index in [9.17, 15) is 0 Å². The summed E-state index contributed by atoms with van der Waals surface area (Å²) in [6.45, 7) is 7.02. The van der Waals surface area contributed by atoms with E-state index < -0.39 is 0 Å². The van der Waals surface area contributed by atoms with Crippen LogP contribution in [0.4, 0.5) is 0 Å². The molecule has 1 aromatic rings. The van der Waals surface area contributed by atoms with Gasteiger partial charge in [-0.15, -0.1) is 0 Å². The second kappa shape index (κ2) is 8.91. The molecule has 1 rings (SSSR count). The van der Waals surface area contributed by atoms with Gasteiger partial charge in [-0.2, -0.15) is 0 Å². The molecule has 0 heterocycles. The first kappa shape index (κ1) is 16.0. The molecule has 3 N–H and O–H groups in total. The summed E-state index contributed by atoms with van der Waals surface area (Å²) in [5.41, 5.74) is 7.37. The molecule has 2 atom stereocenters. The first-order chi connectivity index (χ1) is 9.21. The van der Waals surface area contributed by atoms with Gasteiger partial charge >= 0.3 is 0 Å². The fraction of sp³-hybridized carbons (Fsp3) is 0.600. The monoisotopic (exact) mass is 266 g/mol. The highest BCUT2D eigenvalue weighted by Gasteiger charge is 2.07. The molecule has 0 saturated carbocycles. The quantitative estimate of drug-likeness (QED) is 0.600. The molecule has 4 nitrogen and oxygen atoms in total. The number of hydrogen-bond acceptors (Lipinski definition) is 4. The molecule has 0 bridgehead atoms. The van der Waals surface area contributed by atoms with Crippen molar-refractivity contribution in [2.45, 2.75) is 52.3 Å². The average Bonchev–Trinajstić information content (AvgIpc) is 2.45. The summed E-state index contributed by atoms with van der Waals surface area (Å²) in [6, 6.07) is 8.11. The lowest BCUT2D eigenvalue weighted by molar-refractivity contribution is 0.212. The Labute approximate surface area is 116 Å². The number of para-hydroxylation sites is 1. The molecular weight excluding hydrogens is 240 g/mol. The topological polar surface area (TPSA) is 53.5 Å². The number of aliphatic hydroxyl groups is 1. The van der Waals surface area contributed by atoms with Crippen LogP contribution in [0.25, 0.3) is 0 Å². The van der Waals surface area contributed by atoms with Gasteiger partial charge < -0.3 is 9.84 Å². The summed E-state index contributed by atoms with van der Waals surface area (Å²) in [5.74, 6) is 0.920. The summed E-state index contributed by atoms with van der Waals surface area (Å²) < 4.78 is 5.89. The van der Waals surface area contributed by atoms with Crippen molar-refractivity contribution < 1.29 is 9.84 Å². The molecule has 0 aliphatic heterocycles. The van der Waals surface area contributed by atoms with Crippen molar-refractivity contribution >= 4 is 0 Å². The van der Waals surface area contributed by atoms with E-state index >= 15 is 0 Å². The lowest BCUT2D eigenvalue weighted by atomic mass is 10.2. The van der Waals surface area contributed by atoms with Crippen LogP contribution in [0, 0.1) is 0 Å². The van der Waals surface area contributed by atoms with Crippen molar-refractivity contribution in [2.24, 2.45) is 0 Å². The number of hydrazine groups is 1. The zero-order valence-electron chi connectivity index (χ0n) is 12.1. The third-order valence-electron chi connectivity index (χ3n) is 3.17. The number of nitrogens with one attached hydrogen (secondary N) is 2. The fourth-order valence-corrected chi connectivity index (χ4v) is 1.63. The van der Waals surface area contributed by atoms with Crippen LogP contribution in [-0.2, 0) is 6.54 Å². The second-order valence-electron chi connectivity index (χ2n) is 4.73. The van der Waals surface area contributed by atoms with Crippen molar-refractivity contribution in [1.82, 2.24) is 10.9 Å². The van der Waals surface area contributed by atoms with E-state index in [0.29, 0.717) is 6.54 Å². The Morgan fingerprint density at radius 3 is 2.58 bits per heavy atom. The van der Waals surface area contributed by atoms with Crippen LogP contribution in [0.5, 0.6) is 5.75 Å². The molecule has 108 valence electrons. The fourth-order valence-electron chi connectivity index (χ4n) is 1.63. The summed E-state index contributed by atoms with van der Waals surface area (Å²) in [5, 5.41) is 9.10. The maximum atomic E-state index is 9.10. The predicted octanol–water partition coefficient (Wildman–Crippen LogP) is 2.23. The Morgan fingerprint density at radius 1 is 1.21 bits per heavy atom. The second-order valence-corrected chi connectivity index (χ2v) is 4.73. The van der Waals surface area contributed by atoms with Crippen LogP contribution < -0.4 is 15.6 Å². The van der Waals surface area contributed by atoms with Gasteiger partial charge in [0.2, 0.25) is 0 Å². The van der Waals surface area contributed by atoms with Crippen LogP contribution in [0.3, 0.4) is 0 Å². The number of ether oxygens (including phenoxy) is 1. The molecule has 0 aliphatic carbocycles. The van der Waals surface area contributed by atoms with E-state index in [1.807, 2.05) is 31.2 Å². The Kier molecular flexibility index (Phi) is 7.48. The Balaban J connectivity index is 2.53. The SMILES string of the molecule is CC[C@@H](CO)NNCc1ccccc1O[C@H](C)CC. The summed E-state index contributed by atoms with van der Waals surface area (Å²) >= 11 is 0. The van der Waals surface area contributed by atoms with Crippen LogP contribution in [0.1, 0.15) is 39.2 Å². The van der Waals surface area contributed by atoms with Gasteiger partial charge in [-0.05, 0) is 25.8 Å². The highest BCUT2D eigenvalue weighted by atomic mass is 16.5. The zero-order chi connectivity index (χ0) is 14.1. The number of rotatable bonds is 9. The number of hydrogen-bond donors (Lipinski definition) is 3. The van der Waals surface area contributed by atoms with E-state index in [0.717, 1.165) is 24.2 Å². The lowest BCUT2D eigenvalue weighted by Crippen LogP contribution is -2.42. The molecular formula is C15H26N2O2. The number of benzene rings is 1. The predicted molar refractivity (Wildman–Crippen MR) is 78.0 cm³/mol. The highest BCUT2D eigenvalue weighted by Crippen LogP contribution is 2.19. The minimum Gasteiger partial charge on any atom is -0.490 e. The molecule has 0 aromatic heterocycles. The Morgan fingerprint density at radius 2 is 1.95 bits per heavy atom. The van der Waals surface area contributed by atoms with Gasteiger partial charge in [0.05, 0.1) is 12.7 Å². The molecule has 4 heteroatoms. The van der Waals surface area contributed by atoms with E-state index in [4.69, 9.17) is 9.84 Å². The van der Waals surface area contributed by atoms with Gasteiger partial charge in [0.1, 0.15) is 5.75 Å². The normalized spacial score (nSPS) is 14.1. The molecule has 0 amide bonds. The van der Waals surface area contributed by atoms with Crippen molar-refractivity contribution in [1.29, 1.82) is 0 Å². The molecule has 0 spiro atoms. The van der Waals surface area contributed by atoms with Gasteiger partial charge in [0.25, 0.3) is 0 Å². The van der Waals surface area contributed by atoms with Crippen molar-refractivity contribution in [2.75, 3.05) is 6.61 Å². The zero-order valence-corrected chi connectivity index (χ0v) is 12.1. The maximum absolute atomic E-state index is 9.10. The van der Waals surface area contributed by atoms with Crippen LogP contribution in [0.15, 0.2) is 24.3 Å². The standard InChI is InChI=1S/C15H26N2O2/c1-4-12(3)19-15-9-7-6-8-13(15)10-16-17-14(5-2)11-18/h6-9,12,14,16-18H,4-5,10-11H2,1-3H3/t12-,14+/m1/s1. The molecule has 19 heavy (non-hydrogen) atoms. The molecule has 1 aromatic carbocycles. The molecule has 0 fully saturated rings. The maximum Gasteiger partial charge on any atom is 0.124 e. The van der Waals surface area contributed by atoms with Gasteiger partial charge in [0.15, 0.2) is 0 Å². The summed E-state index contributed by atoms with van der Waals surface area (Å²) in [6.07, 6.45) is 2.09. The van der Waals surface area contributed by atoms with E-state index in [1.165, 1.54) is 0 Å². The van der Waals surface area contributed by atoms with Gasteiger partial charge in [-0.3, -0.25) is 10.9 Å².